The molecule has 8 heteroatoms. The van der Waals surface area contributed by atoms with E-state index in [1.807, 2.05) is 6.92 Å². The molecule has 1 aliphatic heterocycles. The van der Waals surface area contributed by atoms with Gasteiger partial charge in [-0.05, 0) is 39.8 Å². The summed E-state index contributed by atoms with van der Waals surface area (Å²) in [6.07, 6.45) is -0.420. The van der Waals surface area contributed by atoms with E-state index in [4.69, 9.17) is 9.47 Å². The summed E-state index contributed by atoms with van der Waals surface area (Å²) >= 11 is 0. The van der Waals surface area contributed by atoms with E-state index in [0.29, 0.717) is 12.2 Å². The highest BCUT2D eigenvalue weighted by molar-refractivity contribution is 5.96. The van der Waals surface area contributed by atoms with Crippen molar-refractivity contribution in [2.75, 3.05) is 13.2 Å². The van der Waals surface area contributed by atoms with Crippen LogP contribution in [0.3, 0.4) is 0 Å². The van der Waals surface area contributed by atoms with Gasteiger partial charge in [0.05, 0.1) is 30.2 Å². The number of hydrogen-bond donors (Lipinski definition) is 0. The molecule has 142 valence electrons. The first-order chi connectivity index (χ1) is 12.1. The fourth-order valence-corrected chi connectivity index (χ4v) is 2.80. The van der Waals surface area contributed by atoms with Crippen LogP contribution in [0, 0.1) is 10.1 Å². The number of nitro groups is 1. The van der Waals surface area contributed by atoms with Gasteiger partial charge in [0.1, 0.15) is 5.60 Å². The highest BCUT2D eigenvalue weighted by Gasteiger charge is 2.36. The number of morpholine rings is 1. The first kappa shape index (κ1) is 19.8. The molecule has 0 bridgehead atoms. The molecular formula is C18H24N2O6. The normalized spacial score (nSPS) is 20.5. The van der Waals surface area contributed by atoms with Crippen LogP contribution >= 0.6 is 0 Å². The van der Waals surface area contributed by atoms with E-state index in [9.17, 15) is 19.7 Å². The molecule has 1 saturated heterocycles. The molecule has 0 N–H and O–H groups in total. The summed E-state index contributed by atoms with van der Waals surface area (Å²) in [7, 11) is 0. The lowest BCUT2D eigenvalue weighted by molar-refractivity contribution is -0.384. The topological polar surface area (TPSA) is 99.0 Å². The number of ether oxygens (including phenoxy) is 2. The molecule has 0 saturated carbocycles. The summed E-state index contributed by atoms with van der Waals surface area (Å²) in [5, 5.41) is 10.7. The monoisotopic (exact) mass is 364 g/mol. The Balaban J connectivity index is 2.12. The maximum atomic E-state index is 12.5. The van der Waals surface area contributed by atoms with Gasteiger partial charge in [-0.3, -0.25) is 19.8 Å². The Morgan fingerprint density at radius 3 is 2.42 bits per heavy atom. The summed E-state index contributed by atoms with van der Waals surface area (Å²) in [5.41, 5.74) is -0.355. The van der Waals surface area contributed by atoms with Gasteiger partial charge in [0.15, 0.2) is 5.78 Å². The van der Waals surface area contributed by atoms with Crippen molar-refractivity contribution < 1.29 is 24.0 Å². The quantitative estimate of drug-likeness (QED) is 0.462. The Kier molecular flexibility index (Phi) is 5.97. The van der Waals surface area contributed by atoms with E-state index in [1.54, 1.807) is 25.7 Å². The van der Waals surface area contributed by atoms with E-state index in [-0.39, 0.29) is 30.5 Å². The maximum absolute atomic E-state index is 12.5. The number of carbonyl (C=O) groups excluding carboxylic acids is 2. The highest BCUT2D eigenvalue weighted by atomic mass is 16.6. The predicted octanol–water partition coefficient (Wildman–Crippen LogP) is 3.19. The Morgan fingerprint density at radius 2 is 1.88 bits per heavy atom. The molecule has 0 aliphatic carbocycles. The summed E-state index contributed by atoms with van der Waals surface area (Å²) in [4.78, 5) is 36.8. The number of carbonyl (C=O) groups is 2. The van der Waals surface area contributed by atoms with Crippen molar-refractivity contribution in [2.24, 2.45) is 0 Å². The zero-order chi connectivity index (χ0) is 19.5. The zero-order valence-electron chi connectivity index (χ0n) is 15.4. The van der Waals surface area contributed by atoms with Gasteiger partial charge in [-0.25, -0.2) is 4.79 Å². The van der Waals surface area contributed by atoms with E-state index >= 15 is 0 Å². The van der Waals surface area contributed by atoms with Crippen LogP contribution in [0.1, 0.15) is 44.5 Å². The molecule has 0 aromatic heterocycles. The second kappa shape index (κ2) is 7.82. The molecule has 8 nitrogen and oxygen atoms in total. The number of ketones is 1. The smallest absolute Gasteiger partial charge is 0.410 e. The lowest BCUT2D eigenvalue weighted by atomic mass is 10.0. The van der Waals surface area contributed by atoms with Crippen LogP contribution in [0.15, 0.2) is 24.3 Å². The highest BCUT2D eigenvalue weighted by Crippen LogP contribution is 2.22. The van der Waals surface area contributed by atoms with Gasteiger partial charge < -0.3 is 9.47 Å². The van der Waals surface area contributed by atoms with Gasteiger partial charge in [0.2, 0.25) is 0 Å². The molecule has 1 amide bonds. The summed E-state index contributed by atoms with van der Waals surface area (Å²) in [5.74, 6) is -0.212. The van der Waals surface area contributed by atoms with E-state index < -0.39 is 22.7 Å². The van der Waals surface area contributed by atoms with Crippen LogP contribution in [0.5, 0.6) is 0 Å². The number of rotatable bonds is 4. The van der Waals surface area contributed by atoms with Gasteiger partial charge in [0.25, 0.3) is 5.69 Å². The third kappa shape index (κ3) is 5.01. The summed E-state index contributed by atoms with van der Waals surface area (Å²) in [6.45, 7) is 7.81. The Bertz CT molecular complexity index is 680. The number of benzene rings is 1. The number of nitro benzene ring substituents is 1. The molecule has 2 atom stereocenters. The molecule has 1 aromatic rings. The standard InChI is InChI=1S/C18H24N2O6/c1-12-10-25-11-15(19(12)17(22)26-18(2,3)4)9-16(21)13-5-7-14(8-6-13)20(23)24/h5-8,12,15H,9-11H2,1-4H3. The molecule has 0 radical (unpaired) electrons. The van der Waals surface area contributed by atoms with Crippen LogP contribution in [0.4, 0.5) is 10.5 Å². The van der Waals surface area contributed by atoms with Crippen molar-refractivity contribution in [1.29, 1.82) is 0 Å². The van der Waals surface area contributed by atoms with Crippen LogP contribution in [0.2, 0.25) is 0 Å². The fraction of sp³-hybridized carbons (Fsp3) is 0.556. The third-order valence-electron chi connectivity index (χ3n) is 3.96. The molecule has 26 heavy (non-hydrogen) atoms. The van der Waals surface area contributed by atoms with Crippen LogP contribution in [-0.4, -0.2) is 52.6 Å². The number of Topliss-reactive ketones (excluding diaryl/α,β-unsaturated/α-hetero) is 1. The fourth-order valence-electron chi connectivity index (χ4n) is 2.80. The molecule has 2 unspecified atom stereocenters. The zero-order valence-corrected chi connectivity index (χ0v) is 15.4. The van der Waals surface area contributed by atoms with Crippen LogP contribution in [-0.2, 0) is 9.47 Å². The first-order valence-electron chi connectivity index (χ1n) is 8.45. The molecule has 1 aliphatic rings. The van der Waals surface area contributed by atoms with Crippen molar-refractivity contribution in [1.82, 2.24) is 4.90 Å². The van der Waals surface area contributed by atoms with E-state index in [0.717, 1.165) is 0 Å². The molecule has 1 heterocycles. The Labute approximate surface area is 152 Å². The first-order valence-corrected chi connectivity index (χ1v) is 8.45. The van der Waals surface area contributed by atoms with Gasteiger partial charge in [0, 0.05) is 24.1 Å². The molecular weight excluding hydrogens is 340 g/mol. The number of non-ortho nitro benzene ring substituents is 1. The van der Waals surface area contributed by atoms with Gasteiger partial charge >= 0.3 is 6.09 Å². The predicted molar refractivity (Wildman–Crippen MR) is 94.2 cm³/mol. The second-order valence-electron chi connectivity index (χ2n) is 7.36. The van der Waals surface area contributed by atoms with Crippen molar-refractivity contribution in [3.63, 3.8) is 0 Å². The Hall–Kier alpha value is -2.48. The molecule has 1 fully saturated rings. The van der Waals surface area contributed by atoms with Crippen molar-refractivity contribution in [2.45, 2.75) is 51.8 Å². The summed E-state index contributed by atoms with van der Waals surface area (Å²) in [6, 6.07) is 4.76. The van der Waals surface area contributed by atoms with Gasteiger partial charge in [-0.1, -0.05) is 0 Å². The van der Waals surface area contributed by atoms with Gasteiger partial charge in [-0.15, -0.1) is 0 Å². The van der Waals surface area contributed by atoms with Crippen molar-refractivity contribution >= 4 is 17.6 Å². The SMILES string of the molecule is CC1COCC(CC(=O)c2ccc([N+](=O)[O-])cc2)N1C(=O)OC(C)(C)C. The minimum atomic E-state index is -0.637. The minimum Gasteiger partial charge on any atom is -0.444 e. The molecule has 2 rings (SSSR count). The molecule has 1 aromatic carbocycles. The minimum absolute atomic E-state index is 0.0569. The van der Waals surface area contributed by atoms with Gasteiger partial charge in [-0.2, -0.15) is 0 Å². The number of hydrogen-bond acceptors (Lipinski definition) is 6. The van der Waals surface area contributed by atoms with E-state index in [1.165, 1.54) is 24.3 Å². The molecule has 0 spiro atoms. The maximum Gasteiger partial charge on any atom is 0.410 e. The van der Waals surface area contributed by atoms with Crippen LogP contribution in [0.25, 0.3) is 0 Å². The third-order valence-corrected chi connectivity index (χ3v) is 3.96. The van der Waals surface area contributed by atoms with Crippen molar-refractivity contribution in [3.8, 4) is 0 Å². The lowest BCUT2D eigenvalue weighted by Gasteiger charge is -2.40. The average molecular weight is 364 g/mol. The number of amides is 1. The summed E-state index contributed by atoms with van der Waals surface area (Å²) < 4.78 is 11.0. The average Bonchev–Trinajstić information content (AvgIpc) is 2.53. The van der Waals surface area contributed by atoms with E-state index in [2.05, 4.69) is 0 Å². The lowest BCUT2D eigenvalue weighted by Crippen LogP contribution is -2.55. The second-order valence-corrected chi connectivity index (χ2v) is 7.36. The number of nitrogens with zero attached hydrogens (tertiary/aromatic N) is 2. The van der Waals surface area contributed by atoms with Crippen molar-refractivity contribution in [3.05, 3.63) is 39.9 Å². The van der Waals surface area contributed by atoms with Crippen LogP contribution < -0.4 is 0 Å². The largest absolute Gasteiger partial charge is 0.444 e. The Morgan fingerprint density at radius 1 is 1.27 bits per heavy atom.